The molecule has 0 saturated heterocycles. The number of carbonyl (C=O) groups is 2. The Balaban J connectivity index is 2.14. The van der Waals surface area contributed by atoms with Gasteiger partial charge in [0.15, 0.2) is 6.61 Å². The summed E-state index contributed by atoms with van der Waals surface area (Å²) in [6.45, 7) is -2.13. The average molecular weight is 668 g/mol. The van der Waals surface area contributed by atoms with Crippen molar-refractivity contribution in [1.82, 2.24) is 0 Å². The van der Waals surface area contributed by atoms with E-state index in [2.05, 4.69) is 4.74 Å². The Morgan fingerprint density at radius 1 is 1.00 bits per heavy atom. The highest BCUT2D eigenvalue weighted by atomic mass is 127. The highest BCUT2D eigenvalue weighted by molar-refractivity contribution is 14.1. The van der Waals surface area contributed by atoms with Crippen molar-refractivity contribution in [3.8, 4) is 5.75 Å². The van der Waals surface area contributed by atoms with Crippen molar-refractivity contribution >= 4 is 67.2 Å². The summed E-state index contributed by atoms with van der Waals surface area (Å²) in [6, 6.07) is 8.21. The maximum Gasteiger partial charge on any atom is 0.402 e. The number of phenolic OH excluding ortho intramolecular Hbond substituents is 1. The molecule has 2 aromatic rings. The standard InChI is InChI=1S/C17H12F2I2O8S/c18-17(19,30(25,26)27)8-29-16(24)11-4-2-1-3-10(11)15(23)28-7-9-5-12(20)14(22)13(21)6-9/h1-6,22H,7-8H2,(H,25,26,27). The van der Waals surface area contributed by atoms with E-state index in [9.17, 15) is 31.9 Å². The molecule has 162 valence electrons. The first-order chi connectivity index (χ1) is 13.8. The molecule has 0 bridgehead atoms. The summed E-state index contributed by atoms with van der Waals surface area (Å²) >= 11 is 3.80. The van der Waals surface area contributed by atoms with Crippen molar-refractivity contribution in [2.24, 2.45) is 0 Å². The van der Waals surface area contributed by atoms with E-state index in [4.69, 9.17) is 9.29 Å². The lowest BCUT2D eigenvalue weighted by Crippen LogP contribution is -2.34. The third kappa shape index (κ3) is 5.98. The van der Waals surface area contributed by atoms with Crippen LogP contribution in [0.15, 0.2) is 36.4 Å². The fourth-order valence-electron chi connectivity index (χ4n) is 2.07. The maximum atomic E-state index is 13.2. The smallest absolute Gasteiger partial charge is 0.402 e. The van der Waals surface area contributed by atoms with Gasteiger partial charge in [0.05, 0.1) is 18.3 Å². The number of rotatable bonds is 7. The summed E-state index contributed by atoms with van der Waals surface area (Å²) in [5.74, 6) is -2.28. The summed E-state index contributed by atoms with van der Waals surface area (Å²) in [6.07, 6.45) is 0. The highest BCUT2D eigenvalue weighted by Crippen LogP contribution is 2.28. The molecule has 30 heavy (non-hydrogen) atoms. The molecule has 0 unspecified atom stereocenters. The van der Waals surface area contributed by atoms with Crippen LogP contribution < -0.4 is 0 Å². The Morgan fingerprint density at radius 2 is 1.47 bits per heavy atom. The van der Waals surface area contributed by atoms with Gasteiger partial charge in [0.2, 0.25) is 0 Å². The van der Waals surface area contributed by atoms with E-state index < -0.39 is 39.5 Å². The zero-order valence-corrected chi connectivity index (χ0v) is 19.8. The number of esters is 2. The molecule has 0 spiro atoms. The van der Waals surface area contributed by atoms with E-state index in [1.807, 2.05) is 45.2 Å². The van der Waals surface area contributed by atoms with Crippen molar-refractivity contribution in [3.05, 3.63) is 60.2 Å². The second-order valence-electron chi connectivity index (χ2n) is 5.72. The molecule has 13 heteroatoms. The van der Waals surface area contributed by atoms with Crippen LogP contribution in [0.3, 0.4) is 0 Å². The third-order valence-electron chi connectivity index (χ3n) is 3.56. The van der Waals surface area contributed by atoms with E-state index in [1.165, 1.54) is 18.2 Å². The molecule has 0 amide bonds. The molecule has 0 heterocycles. The summed E-state index contributed by atoms with van der Waals surface area (Å²) in [7, 11) is -5.78. The van der Waals surface area contributed by atoms with Gasteiger partial charge in [0.1, 0.15) is 12.4 Å². The number of ether oxygens (including phenoxy) is 2. The van der Waals surface area contributed by atoms with Gasteiger partial charge < -0.3 is 14.6 Å². The van der Waals surface area contributed by atoms with Crippen LogP contribution in [0.1, 0.15) is 26.3 Å². The average Bonchev–Trinajstić information content (AvgIpc) is 2.67. The molecule has 0 fully saturated rings. The van der Waals surface area contributed by atoms with Crippen molar-refractivity contribution < 1.29 is 45.9 Å². The number of halogens is 4. The number of hydrogen-bond acceptors (Lipinski definition) is 7. The van der Waals surface area contributed by atoms with Crippen LogP contribution >= 0.6 is 45.2 Å². The molecule has 0 aliphatic rings. The summed E-state index contributed by atoms with van der Waals surface area (Å²) in [5, 5.41) is 5.06. The molecule has 2 rings (SSSR count). The van der Waals surface area contributed by atoms with Gasteiger partial charge in [-0.05, 0) is 75.0 Å². The van der Waals surface area contributed by atoms with Crippen LogP contribution in [0.5, 0.6) is 5.75 Å². The van der Waals surface area contributed by atoms with Gasteiger partial charge in [-0.2, -0.15) is 17.2 Å². The quantitative estimate of drug-likeness (QED) is 0.261. The zero-order valence-electron chi connectivity index (χ0n) is 14.6. The number of aromatic hydroxyl groups is 1. The third-order valence-corrected chi connectivity index (χ3v) is 6.08. The predicted molar refractivity (Wildman–Crippen MR) is 116 cm³/mol. The molecule has 0 aliphatic heterocycles. The first kappa shape index (κ1) is 24.7. The molecular weight excluding hydrogens is 656 g/mol. The van der Waals surface area contributed by atoms with Gasteiger partial charge in [0, 0.05) is 0 Å². The number of phenols is 1. The second-order valence-corrected chi connectivity index (χ2v) is 9.59. The zero-order chi connectivity index (χ0) is 22.7. The monoisotopic (exact) mass is 668 g/mol. The predicted octanol–water partition coefficient (Wildman–Crippen LogP) is 3.60. The van der Waals surface area contributed by atoms with Crippen LogP contribution in [0, 0.1) is 7.14 Å². The SMILES string of the molecule is O=C(OCc1cc(I)c(O)c(I)c1)c1ccccc1C(=O)OCC(F)(F)S(=O)(=O)O. The molecule has 8 nitrogen and oxygen atoms in total. The largest absolute Gasteiger partial charge is 0.506 e. The first-order valence-corrected chi connectivity index (χ1v) is 11.4. The van der Waals surface area contributed by atoms with E-state index in [0.29, 0.717) is 12.7 Å². The Kier molecular flexibility index (Phi) is 7.97. The van der Waals surface area contributed by atoms with Crippen molar-refractivity contribution in [3.63, 3.8) is 0 Å². The van der Waals surface area contributed by atoms with Gasteiger partial charge in [-0.3, -0.25) is 4.55 Å². The van der Waals surface area contributed by atoms with E-state index in [1.54, 1.807) is 12.1 Å². The summed E-state index contributed by atoms with van der Waals surface area (Å²) < 4.78 is 66.6. The molecule has 0 saturated carbocycles. The van der Waals surface area contributed by atoms with Gasteiger partial charge in [-0.1, -0.05) is 12.1 Å². The molecule has 0 atom stereocenters. The van der Waals surface area contributed by atoms with Crippen molar-refractivity contribution in [2.45, 2.75) is 11.9 Å². The fourth-order valence-corrected chi connectivity index (χ4v) is 4.17. The van der Waals surface area contributed by atoms with Crippen LogP contribution in [-0.4, -0.2) is 41.9 Å². The van der Waals surface area contributed by atoms with Gasteiger partial charge in [-0.25, -0.2) is 9.59 Å². The second kappa shape index (κ2) is 9.69. The van der Waals surface area contributed by atoms with Gasteiger partial charge in [-0.15, -0.1) is 0 Å². The normalized spacial score (nSPS) is 11.8. The maximum absolute atomic E-state index is 13.2. The number of benzene rings is 2. The summed E-state index contributed by atoms with van der Waals surface area (Å²) in [4.78, 5) is 24.4. The topological polar surface area (TPSA) is 127 Å². The van der Waals surface area contributed by atoms with Gasteiger partial charge >= 0.3 is 27.3 Å². The van der Waals surface area contributed by atoms with E-state index in [-0.39, 0.29) is 17.9 Å². The lowest BCUT2D eigenvalue weighted by atomic mass is 10.1. The molecule has 2 N–H and O–H groups in total. The lowest BCUT2D eigenvalue weighted by molar-refractivity contribution is -0.00969. The Morgan fingerprint density at radius 3 is 1.93 bits per heavy atom. The van der Waals surface area contributed by atoms with E-state index >= 15 is 0 Å². The molecule has 0 aromatic heterocycles. The number of alkyl halides is 2. The molecule has 2 aromatic carbocycles. The van der Waals surface area contributed by atoms with Crippen LogP contribution in [0.4, 0.5) is 8.78 Å². The summed E-state index contributed by atoms with van der Waals surface area (Å²) in [5.41, 5.74) is -0.160. The van der Waals surface area contributed by atoms with Crippen molar-refractivity contribution in [2.75, 3.05) is 6.61 Å². The Hall–Kier alpha value is -1.59. The number of carbonyl (C=O) groups excluding carboxylic acids is 2. The van der Waals surface area contributed by atoms with E-state index in [0.717, 1.165) is 6.07 Å². The van der Waals surface area contributed by atoms with Crippen molar-refractivity contribution in [1.29, 1.82) is 0 Å². The van der Waals surface area contributed by atoms with Gasteiger partial charge in [0.25, 0.3) is 0 Å². The lowest BCUT2D eigenvalue weighted by Gasteiger charge is -2.14. The first-order valence-electron chi connectivity index (χ1n) is 7.78. The van der Waals surface area contributed by atoms with Crippen LogP contribution in [0.2, 0.25) is 0 Å². The highest BCUT2D eigenvalue weighted by Gasteiger charge is 2.45. The fraction of sp³-hybridized carbons (Fsp3) is 0.176. The Labute approximate surface area is 196 Å². The minimum absolute atomic E-state index is 0.0843. The minimum Gasteiger partial charge on any atom is -0.506 e. The van der Waals surface area contributed by atoms with Crippen LogP contribution in [-0.2, 0) is 26.2 Å². The molecular formula is C17H12F2I2O8S. The molecule has 0 radical (unpaired) electrons. The molecule has 0 aliphatic carbocycles. The number of hydrogen-bond donors (Lipinski definition) is 2. The Bertz CT molecular complexity index is 1070. The van der Waals surface area contributed by atoms with Crippen LogP contribution in [0.25, 0.3) is 0 Å². The minimum atomic E-state index is -5.78.